The standard InChI is InChI=1S/C34H43N7O4/c35-24-1-3-25(4-2-24)39-17-19-40(20-18-39)26-11-13-37(14-12-26)22-23-9-15-38(16-10-23)27-5-6-28-29(21-27)34(45)41(33(28)44)30-7-8-31(42)36-32(30)43/h1-6,21,23,26,30H,7-20,22,35H2,(H,36,42,43). The fourth-order valence-electron chi connectivity index (χ4n) is 7.89. The Morgan fingerprint density at radius 2 is 1.33 bits per heavy atom. The predicted octanol–water partition coefficient (Wildman–Crippen LogP) is 2.17. The molecule has 2 aromatic rings. The monoisotopic (exact) mass is 613 g/mol. The predicted molar refractivity (Wildman–Crippen MR) is 172 cm³/mol. The van der Waals surface area contributed by atoms with Crippen LogP contribution in [0.4, 0.5) is 17.1 Å². The Bertz CT molecular complexity index is 1460. The van der Waals surface area contributed by atoms with Crippen molar-refractivity contribution < 1.29 is 19.2 Å². The fraction of sp³-hybridized carbons (Fsp3) is 0.529. The van der Waals surface area contributed by atoms with Gasteiger partial charge in [-0.25, -0.2) is 0 Å². The molecule has 0 aliphatic carbocycles. The minimum Gasteiger partial charge on any atom is -0.399 e. The molecule has 238 valence electrons. The largest absolute Gasteiger partial charge is 0.399 e. The SMILES string of the molecule is Nc1ccc(N2CCN(C3CCN(CC4CCN(c5ccc6c(c5)C(=O)N(C5CCC(=O)NC5=O)C6=O)CC4)CC3)CC2)cc1. The van der Waals surface area contributed by atoms with Gasteiger partial charge in [0.2, 0.25) is 11.8 Å². The number of hydrogen-bond donors (Lipinski definition) is 2. The summed E-state index contributed by atoms with van der Waals surface area (Å²) in [5, 5.41) is 2.25. The van der Waals surface area contributed by atoms with Crippen LogP contribution in [-0.2, 0) is 9.59 Å². The summed E-state index contributed by atoms with van der Waals surface area (Å²) in [4.78, 5) is 61.4. The number of piperazine rings is 1. The summed E-state index contributed by atoms with van der Waals surface area (Å²) in [5.74, 6) is -1.21. The molecule has 5 aliphatic heterocycles. The van der Waals surface area contributed by atoms with Crippen LogP contribution in [0.3, 0.4) is 0 Å². The van der Waals surface area contributed by atoms with E-state index in [0.29, 0.717) is 23.1 Å². The van der Waals surface area contributed by atoms with E-state index in [1.54, 1.807) is 6.07 Å². The third kappa shape index (κ3) is 6.03. The first-order chi connectivity index (χ1) is 21.8. The molecule has 0 bridgehead atoms. The Hall–Kier alpha value is -3.96. The Kier molecular flexibility index (Phi) is 8.22. The average molecular weight is 614 g/mol. The number of carbonyl (C=O) groups is 4. The summed E-state index contributed by atoms with van der Waals surface area (Å²) in [6.45, 7) is 9.65. The lowest BCUT2D eigenvalue weighted by molar-refractivity contribution is -0.136. The molecule has 5 heterocycles. The van der Waals surface area contributed by atoms with Gasteiger partial charge >= 0.3 is 0 Å². The third-order valence-corrected chi connectivity index (χ3v) is 10.6. The normalized spacial score (nSPS) is 24.4. The molecular formula is C34H43N7O4. The number of piperidine rings is 3. The van der Waals surface area contributed by atoms with Gasteiger partial charge in [-0.2, -0.15) is 0 Å². The number of amides is 4. The van der Waals surface area contributed by atoms with Crippen molar-refractivity contribution >= 4 is 40.7 Å². The molecule has 0 aromatic heterocycles. The van der Waals surface area contributed by atoms with Crippen LogP contribution in [-0.4, -0.2) is 109 Å². The van der Waals surface area contributed by atoms with Crippen molar-refractivity contribution in [3.63, 3.8) is 0 Å². The van der Waals surface area contributed by atoms with Crippen molar-refractivity contribution in [2.75, 3.05) is 74.4 Å². The lowest BCUT2D eigenvalue weighted by atomic mass is 9.93. The summed E-state index contributed by atoms with van der Waals surface area (Å²) in [5.41, 5.74) is 9.55. The van der Waals surface area contributed by atoms with Gasteiger partial charge in [0.05, 0.1) is 11.1 Å². The number of hydrogen-bond acceptors (Lipinski definition) is 9. The molecule has 1 atom stereocenters. The van der Waals surface area contributed by atoms with Gasteiger partial charge in [-0.3, -0.25) is 34.3 Å². The zero-order chi connectivity index (χ0) is 31.1. The summed E-state index contributed by atoms with van der Waals surface area (Å²) in [7, 11) is 0. The zero-order valence-electron chi connectivity index (χ0n) is 25.8. The minimum atomic E-state index is -0.940. The van der Waals surface area contributed by atoms with Gasteiger partial charge in [0.1, 0.15) is 6.04 Å². The van der Waals surface area contributed by atoms with E-state index in [0.717, 1.165) is 88.0 Å². The Labute approximate surface area is 264 Å². The fourth-order valence-corrected chi connectivity index (χ4v) is 7.89. The van der Waals surface area contributed by atoms with Crippen LogP contribution < -0.4 is 20.9 Å². The van der Waals surface area contributed by atoms with Crippen molar-refractivity contribution in [3.8, 4) is 0 Å². The lowest BCUT2D eigenvalue weighted by Gasteiger charge is -2.44. The first kappa shape index (κ1) is 29.7. The van der Waals surface area contributed by atoms with Crippen molar-refractivity contribution in [1.29, 1.82) is 0 Å². The topological polar surface area (TPSA) is 123 Å². The number of fused-ring (bicyclic) bond motifs is 1. The van der Waals surface area contributed by atoms with Gasteiger partial charge < -0.3 is 20.4 Å². The molecule has 11 heteroatoms. The number of carbonyl (C=O) groups excluding carboxylic acids is 4. The van der Waals surface area contributed by atoms with Crippen LogP contribution in [0.2, 0.25) is 0 Å². The summed E-state index contributed by atoms with van der Waals surface area (Å²) in [6, 6.07) is 13.4. The number of nitrogens with one attached hydrogen (secondary N) is 1. The van der Waals surface area contributed by atoms with Crippen molar-refractivity contribution in [2.45, 2.75) is 50.6 Å². The highest BCUT2D eigenvalue weighted by molar-refractivity contribution is 6.23. The lowest BCUT2D eigenvalue weighted by Crippen LogP contribution is -2.54. The molecule has 1 unspecified atom stereocenters. The number of nitrogen functional groups attached to an aromatic ring is 1. The molecule has 11 nitrogen and oxygen atoms in total. The molecule has 4 fully saturated rings. The number of nitrogens with zero attached hydrogens (tertiary/aromatic N) is 5. The van der Waals surface area contributed by atoms with Gasteiger partial charge in [-0.1, -0.05) is 0 Å². The molecule has 2 aromatic carbocycles. The highest BCUT2D eigenvalue weighted by Gasteiger charge is 2.45. The Balaban J connectivity index is 0.866. The smallest absolute Gasteiger partial charge is 0.262 e. The van der Waals surface area contributed by atoms with Crippen LogP contribution in [0.15, 0.2) is 42.5 Å². The van der Waals surface area contributed by atoms with Crippen molar-refractivity contribution in [2.24, 2.45) is 5.92 Å². The number of rotatable bonds is 6. The van der Waals surface area contributed by atoms with E-state index in [2.05, 4.69) is 37.0 Å². The van der Waals surface area contributed by atoms with Gasteiger partial charge in [0.25, 0.3) is 11.8 Å². The molecule has 3 N–H and O–H groups in total. The number of imide groups is 2. The van der Waals surface area contributed by atoms with Crippen molar-refractivity contribution in [3.05, 3.63) is 53.6 Å². The first-order valence-corrected chi connectivity index (χ1v) is 16.5. The zero-order valence-corrected chi connectivity index (χ0v) is 25.8. The van der Waals surface area contributed by atoms with E-state index in [1.165, 1.54) is 18.5 Å². The second kappa shape index (κ2) is 12.4. The Morgan fingerprint density at radius 3 is 2.02 bits per heavy atom. The molecule has 0 spiro atoms. The van der Waals surface area contributed by atoms with Gasteiger partial charge in [-0.15, -0.1) is 0 Å². The molecule has 4 saturated heterocycles. The summed E-state index contributed by atoms with van der Waals surface area (Å²) < 4.78 is 0. The van der Waals surface area contributed by atoms with Crippen LogP contribution >= 0.6 is 0 Å². The van der Waals surface area contributed by atoms with E-state index in [4.69, 9.17) is 5.73 Å². The van der Waals surface area contributed by atoms with Crippen molar-refractivity contribution in [1.82, 2.24) is 20.0 Å². The maximum absolute atomic E-state index is 13.3. The Morgan fingerprint density at radius 1 is 0.689 bits per heavy atom. The molecule has 45 heavy (non-hydrogen) atoms. The number of likely N-dealkylation sites (tertiary alicyclic amines) is 1. The maximum atomic E-state index is 13.3. The number of anilines is 3. The molecule has 7 rings (SSSR count). The molecule has 0 saturated carbocycles. The third-order valence-electron chi connectivity index (χ3n) is 10.6. The van der Waals surface area contributed by atoms with E-state index in [-0.39, 0.29) is 18.7 Å². The summed E-state index contributed by atoms with van der Waals surface area (Å²) in [6.07, 6.45) is 4.94. The highest BCUT2D eigenvalue weighted by atomic mass is 16.2. The first-order valence-electron chi connectivity index (χ1n) is 16.5. The van der Waals surface area contributed by atoms with Gasteiger partial charge in [-0.05, 0) is 93.6 Å². The average Bonchev–Trinajstić information content (AvgIpc) is 3.31. The van der Waals surface area contributed by atoms with Crippen LogP contribution in [0.25, 0.3) is 0 Å². The van der Waals surface area contributed by atoms with Crippen LogP contribution in [0.5, 0.6) is 0 Å². The second-order valence-electron chi connectivity index (χ2n) is 13.3. The summed E-state index contributed by atoms with van der Waals surface area (Å²) >= 11 is 0. The number of benzene rings is 2. The molecular weight excluding hydrogens is 570 g/mol. The van der Waals surface area contributed by atoms with Crippen LogP contribution in [0, 0.1) is 5.92 Å². The van der Waals surface area contributed by atoms with Gasteiger partial charge in [0.15, 0.2) is 0 Å². The molecule has 0 radical (unpaired) electrons. The van der Waals surface area contributed by atoms with Gasteiger partial charge in [0, 0.05) is 75.3 Å². The highest BCUT2D eigenvalue weighted by Crippen LogP contribution is 2.33. The second-order valence-corrected chi connectivity index (χ2v) is 13.3. The van der Waals surface area contributed by atoms with E-state index in [9.17, 15) is 19.2 Å². The van der Waals surface area contributed by atoms with E-state index >= 15 is 0 Å². The van der Waals surface area contributed by atoms with E-state index in [1.807, 2.05) is 24.3 Å². The number of nitrogens with two attached hydrogens (primary N) is 1. The van der Waals surface area contributed by atoms with E-state index < -0.39 is 23.8 Å². The molecule has 5 aliphatic rings. The molecule has 4 amide bonds. The quantitative estimate of drug-likeness (QED) is 0.373. The minimum absolute atomic E-state index is 0.116. The van der Waals surface area contributed by atoms with Crippen LogP contribution in [0.1, 0.15) is 59.2 Å². The maximum Gasteiger partial charge on any atom is 0.262 e.